The molecule has 1 aliphatic rings. The second-order valence-electron chi connectivity index (χ2n) is 3.10. The average Bonchev–Trinajstić information content (AvgIpc) is 2.71. The third kappa shape index (κ3) is 1.79. The van der Waals surface area contributed by atoms with E-state index in [2.05, 4.69) is 11.9 Å². The molecule has 2 rings (SSSR count). The van der Waals surface area contributed by atoms with E-state index in [4.69, 9.17) is 4.74 Å². The number of ether oxygens (including phenoxy) is 1. The molecule has 1 aromatic rings. The van der Waals surface area contributed by atoms with E-state index in [-0.39, 0.29) is 6.23 Å². The molecule has 0 bridgehead atoms. The van der Waals surface area contributed by atoms with Gasteiger partial charge in [0.1, 0.15) is 6.23 Å². The Kier molecular flexibility index (Phi) is 2.43. The molecule has 1 N–H and O–H groups in total. The normalized spacial score (nSPS) is 21.7. The number of hydrogen-bond acceptors (Lipinski definition) is 2. The van der Waals surface area contributed by atoms with Gasteiger partial charge in [0, 0.05) is 6.54 Å². The van der Waals surface area contributed by atoms with Gasteiger partial charge in [-0.3, -0.25) is 5.32 Å². The lowest BCUT2D eigenvalue weighted by atomic mass is 10.1. The Labute approximate surface area is 78.2 Å². The van der Waals surface area contributed by atoms with E-state index in [1.807, 2.05) is 30.3 Å². The minimum atomic E-state index is 0.00222. The van der Waals surface area contributed by atoms with E-state index in [1.165, 1.54) is 0 Å². The second-order valence-corrected chi connectivity index (χ2v) is 3.10. The maximum atomic E-state index is 5.46. The molecule has 13 heavy (non-hydrogen) atoms. The van der Waals surface area contributed by atoms with Gasteiger partial charge < -0.3 is 4.74 Å². The predicted octanol–water partition coefficient (Wildman–Crippen LogP) is 1.65. The van der Waals surface area contributed by atoms with Crippen molar-refractivity contribution in [2.24, 2.45) is 0 Å². The zero-order valence-corrected chi connectivity index (χ0v) is 7.49. The molecule has 0 saturated carbocycles. The Hall–Kier alpha value is -1.12. The van der Waals surface area contributed by atoms with Gasteiger partial charge in [-0.05, 0) is 11.1 Å². The Morgan fingerprint density at radius 3 is 2.77 bits per heavy atom. The summed E-state index contributed by atoms with van der Waals surface area (Å²) in [6, 6.07) is 10.1. The molecular formula is C11H13NO. The van der Waals surface area contributed by atoms with Gasteiger partial charge in [-0.25, -0.2) is 0 Å². The average molecular weight is 175 g/mol. The smallest absolute Gasteiger partial charge is 0.134 e. The summed E-state index contributed by atoms with van der Waals surface area (Å²) < 4.78 is 5.46. The standard InChI is InChI=1S/C11H13NO/c1-9(11-12-7-8-13-11)10-5-3-2-4-6-10/h2-6,11-12H,1,7-8H2. The summed E-state index contributed by atoms with van der Waals surface area (Å²) >= 11 is 0. The van der Waals surface area contributed by atoms with Crippen molar-refractivity contribution in [3.05, 3.63) is 42.5 Å². The Balaban J connectivity index is 2.13. The fourth-order valence-corrected chi connectivity index (χ4v) is 1.45. The van der Waals surface area contributed by atoms with Crippen LogP contribution >= 0.6 is 0 Å². The van der Waals surface area contributed by atoms with E-state index in [0.717, 1.165) is 24.3 Å². The molecule has 0 aromatic heterocycles. The van der Waals surface area contributed by atoms with Crippen molar-refractivity contribution in [1.82, 2.24) is 5.32 Å². The van der Waals surface area contributed by atoms with E-state index in [0.29, 0.717) is 0 Å². The van der Waals surface area contributed by atoms with Crippen LogP contribution in [-0.4, -0.2) is 19.4 Å². The van der Waals surface area contributed by atoms with Gasteiger partial charge in [-0.15, -0.1) is 0 Å². The summed E-state index contributed by atoms with van der Waals surface area (Å²) in [5.41, 5.74) is 2.15. The lowest BCUT2D eigenvalue weighted by molar-refractivity contribution is 0.145. The van der Waals surface area contributed by atoms with Crippen LogP contribution in [0, 0.1) is 0 Å². The van der Waals surface area contributed by atoms with Crippen molar-refractivity contribution < 1.29 is 4.74 Å². The quantitative estimate of drug-likeness (QED) is 0.738. The summed E-state index contributed by atoms with van der Waals surface area (Å²) in [4.78, 5) is 0. The first-order valence-corrected chi connectivity index (χ1v) is 4.47. The molecule has 2 nitrogen and oxygen atoms in total. The zero-order valence-electron chi connectivity index (χ0n) is 7.49. The van der Waals surface area contributed by atoms with Gasteiger partial charge >= 0.3 is 0 Å². The summed E-state index contributed by atoms with van der Waals surface area (Å²) in [7, 11) is 0. The highest BCUT2D eigenvalue weighted by molar-refractivity contribution is 5.66. The predicted molar refractivity (Wildman–Crippen MR) is 53.2 cm³/mol. The molecule has 0 aliphatic carbocycles. The number of hydrogen-bond donors (Lipinski definition) is 1. The third-order valence-corrected chi connectivity index (χ3v) is 2.18. The van der Waals surface area contributed by atoms with Gasteiger partial charge in [0.15, 0.2) is 0 Å². The largest absolute Gasteiger partial charge is 0.358 e. The van der Waals surface area contributed by atoms with Crippen molar-refractivity contribution in [2.75, 3.05) is 13.2 Å². The van der Waals surface area contributed by atoms with Crippen molar-refractivity contribution in [3.8, 4) is 0 Å². The van der Waals surface area contributed by atoms with Crippen LogP contribution in [0.1, 0.15) is 5.56 Å². The lowest BCUT2D eigenvalue weighted by Gasteiger charge is -2.13. The van der Waals surface area contributed by atoms with Crippen LogP contribution in [0.2, 0.25) is 0 Å². The van der Waals surface area contributed by atoms with Crippen molar-refractivity contribution >= 4 is 5.57 Å². The van der Waals surface area contributed by atoms with Crippen LogP contribution in [0.4, 0.5) is 0 Å². The first-order chi connectivity index (χ1) is 6.38. The molecule has 0 radical (unpaired) electrons. The maximum Gasteiger partial charge on any atom is 0.134 e. The van der Waals surface area contributed by atoms with Gasteiger partial charge in [0.2, 0.25) is 0 Å². The van der Waals surface area contributed by atoms with E-state index >= 15 is 0 Å². The molecule has 1 saturated heterocycles. The molecular weight excluding hydrogens is 162 g/mol. The summed E-state index contributed by atoms with van der Waals surface area (Å²) in [5.74, 6) is 0. The third-order valence-electron chi connectivity index (χ3n) is 2.18. The minimum absolute atomic E-state index is 0.00222. The van der Waals surface area contributed by atoms with Crippen LogP contribution in [0.25, 0.3) is 5.57 Å². The fraction of sp³-hybridized carbons (Fsp3) is 0.273. The number of benzene rings is 1. The van der Waals surface area contributed by atoms with E-state index in [9.17, 15) is 0 Å². The van der Waals surface area contributed by atoms with Crippen LogP contribution in [-0.2, 0) is 4.74 Å². The number of rotatable bonds is 2. The molecule has 2 heteroatoms. The summed E-state index contributed by atoms with van der Waals surface area (Å²) in [5, 5.41) is 3.23. The zero-order chi connectivity index (χ0) is 9.10. The van der Waals surface area contributed by atoms with Crippen molar-refractivity contribution in [2.45, 2.75) is 6.23 Å². The van der Waals surface area contributed by atoms with Crippen LogP contribution < -0.4 is 5.32 Å². The lowest BCUT2D eigenvalue weighted by Crippen LogP contribution is -2.23. The highest BCUT2D eigenvalue weighted by Crippen LogP contribution is 2.18. The van der Waals surface area contributed by atoms with Gasteiger partial charge in [-0.1, -0.05) is 36.9 Å². The molecule has 1 unspecified atom stereocenters. The van der Waals surface area contributed by atoms with E-state index in [1.54, 1.807) is 0 Å². The van der Waals surface area contributed by atoms with Gasteiger partial charge in [0.25, 0.3) is 0 Å². The Morgan fingerprint density at radius 2 is 2.15 bits per heavy atom. The van der Waals surface area contributed by atoms with Crippen LogP contribution in [0.15, 0.2) is 36.9 Å². The SMILES string of the molecule is C=C(c1ccccc1)C1NCCO1. The number of nitrogens with one attached hydrogen (secondary N) is 1. The van der Waals surface area contributed by atoms with Crippen LogP contribution in [0.3, 0.4) is 0 Å². The van der Waals surface area contributed by atoms with Gasteiger partial charge in [0.05, 0.1) is 6.61 Å². The minimum Gasteiger partial charge on any atom is -0.358 e. The topological polar surface area (TPSA) is 21.3 Å². The summed E-state index contributed by atoms with van der Waals surface area (Å²) in [6.07, 6.45) is 0.00222. The first kappa shape index (κ1) is 8.48. The molecule has 1 fully saturated rings. The van der Waals surface area contributed by atoms with Crippen molar-refractivity contribution in [3.63, 3.8) is 0 Å². The molecule has 0 spiro atoms. The highest BCUT2D eigenvalue weighted by Gasteiger charge is 2.18. The first-order valence-electron chi connectivity index (χ1n) is 4.47. The Morgan fingerprint density at radius 1 is 1.38 bits per heavy atom. The Bertz CT molecular complexity index is 288. The molecule has 1 heterocycles. The summed E-state index contributed by atoms with van der Waals surface area (Å²) in [6.45, 7) is 5.71. The highest BCUT2D eigenvalue weighted by atomic mass is 16.5. The second kappa shape index (κ2) is 3.73. The monoisotopic (exact) mass is 175 g/mol. The molecule has 1 aliphatic heterocycles. The molecule has 0 amide bonds. The molecule has 1 atom stereocenters. The van der Waals surface area contributed by atoms with Gasteiger partial charge in [-0.2, -0.15) is 0 Å². The van der Waals surface area contributed by atoms with Crippen molar-refractivity contribution in [1.29, 1.82) is 0 Å². The molecule has 68 valence electrons. The maximum absolute atomic E-state index is 5.46. The van der Waals surface area contributed by atoms with Crippen LogP contribution in [0.5, 0.6) is 0 Å². The fourth-order valence-electron chi connectivity index (χ4n) is 1.45. The molecule has 1 aromatic carbocycles. The van der Waals surface area contributed by atoms with E-state index < -0.39 is 0 Å².